The lowest BCUT2D eigenvalue weighted by atomic mass is 10.2. The predicted molar refractivity (Wildman–Crippen MR) is 65.9 cm³/mol. The molecule has 0 aliphatic rings. The van der Waals surface area contributed by atoms with Gasteiger partial charge in [-0.25, -0.2) is 17.5 Å². The summed E-state index contributed by atoms with van der Waals surface area (Å²) >= 11 is 1.50. The van der Waals surface area contributed by atoms with E-state index in [0.29, 0.717) is 5.75 Å². The number of sulfonamides is 1. The molecule has 0 unspecified atom stereocenters. The molecule has 1 aromatic rings. The molecule has 1 rings (SSSR count). The zero-order valence-corrected chi connectivity index (χ0v) is 10.9. The zero-order valence-electron chi connectivity index (χ0n) is 9.31. The Hall–Kier alpha value is -0.630. The number of nitrogens with one attached hydrogen (secondary N) is 1. The molecule has 96 valence electrons. The second-order valence-corrected chi connectivity index (χ2v) is 6.02. The third-order valence-electron chi connectivity index (χ3n) is 2.09. The topological polar surface area (TPSA) is 66.4 Å². The normalized spacial score (nSPS) is 11.7. The molecule has 17 heavy (non-hydrogen) atoms. The Kier molecular flexibility index (Phi) is 5.38. The molecular formula is C10H14FNO3S2. The molecule has 0 aliphatic heterocycles. The summed E-state index contributed by atoms with van der Waals surface area (Å²) in [7, 11) is -3.76. The van der Waals surface area contributed by atoms with E-state index in [0.717, 1.165) is 12.1 Å². The van der Waals surface area contributed by atoms with Crippen molar-refractivity contribution in [1.29, 1.82) is 0 Å². The van der Waals surface area contributed by atoms with E-state index in [4.69, 9.17) is 5.11 Å². The maximum absolute atomic E-state index is 13.0. The van der Waals surface area contributed by atoms with Crippen molar-refractivity contribution in [3.05, 3.63) is 29.6 Å². The number of rotatable bonds is 6. The Balaban J connectivity index is 3.00. The van der Waals surface area contributed by atoms with Gasteiger partial charge < -0.3 is 5.11 Å². The lowest BCUT2D eigenvalue weighted by Gasteiger charge is -2.09. The van der Waals surface area contributed by atoms with E-state index in [2.05, 4.69) is 4.72 Å². The molecule has 0 heterocycles. The molecule has 0 aliphatic carbocycles. The van der Waals surface area contributed by atoms with Gasteiger partial charge in [0.15, 0.2) is 0 Å². The maximum Gasteiger partial charge on any atom is 0.241 e. The van der Waals surface area contributed by atoms with E-state index in [1.54, 1.807) is 0 Å². The highest BCUT2D eigenvalue weighted by atomic mass is 32.2. The van der Waals surface area contributed by atoms with Crippen LogP contribution in [0.2, 0.25) is 0 Å². The van der Waals surface area contributed by atoms with Gasteiger partial charge in [0.05, 0.1) is 11.5 Å². The molecule has 0 saturated heterocycles. The van der Waals surface area contributed by atoms with Crippen LogP contribution in [0.25, 0.3) is 0 Å². The third-order valence-corrected chi connectivity index (χ3v) is 4.24. The first-order chi connectivity index (χ1) is 8.01. The number of aliphatic hydroxyl groups is 1. The summed E-state index contributed by atoms with van der Waals surface area (Å²) in [6.45, 7) is -0.177. The Morgan fingerprint density at radius 1 is 1.47 bits per heavy atom. The minimum atomic E-state index is -3.76. The first-order valence-electron chi connectivity index (χ1n) is 4.89. The van der Waals surface area contributed by atoms with Gasteiger partial charge >= 0.3 is 0 Å². The number of aliphatic hydroxyl groups excluding tert-OH is 1. The molecule has 0 bridgehead atoms. The van der Waals surface area contributed by atoms with Crippen molar-refractivity contribution in [1.82, 2.24) is 4.72 Å². The smallest absolute Gasteiger partial charge is 0.241 e. The summed E-state index contributed by atoms with van der Waals surface area (Å²) in [6.07, 6.45) is 1.86. The van der Waals surface area contributed by atoms with E-state index in [1.165, 1.54) is 17.8 Å². The molecular weight excluding hydrogens is 265 g/mol. The van der Waals surface area contributed by atoms with Crippen molar-refractivity contribution in [3.63, 3.8) is 0 Å². The van der Waals surface area contributed by atoms with Crippen molar-refractivity contribution < 1.29 is 17.9 Å². The quantitative estimate of drug-likeness (QED) is 0.761. The Morgan fingerprint density at radius 2 is 2.18 bits per heavy atom. The molecule has 0 radical (unpaired) electrons. The first kappa shape index (κ1) is 14.4. The van der Waals surface area contributed by atoms with Gasteiger partial charge in [0, 0.05) is 12.3 Å². The van der Waals surface area contributed by atoms with Gasteiger partial charge in [-0.3, -0.25) is 0 Å². The van der Waals surface area contributed by atoms with Crippen molar-refractivity contribution >= 4 is 21.8 Å². The fourth-order valence-electron chi connectivity index (χ4n) is 1.27. The summed E-state index contributed by atoms with van der Waals surface area (Å²) in [5, 5.41) is 9.03. The van der Waals surface area contributed by atoms with Crippen LogP contribution in [0.1, 0.15) is 5.56 Å². The van der Waals surface area contributed by atoms with Crippen LogP contribution in [0.5, 0.6) is 0 Å². The van der Waals surface area contributed by atoms with Gasteiger partial charge in [-0.15, -0.1) is 0 Å². The zero-order chi connectivity index (χ0) is 12.9. The lowest BCUT2D eigenvalue weighted by molar-refractivity contribution is 0.278. The van der Waals surface area contributed by atoms with Crippen LogP contribution in [-0.4, -0.2) is 32.1 Å². The van der Waals surface area contributed by atoms with Crippen molar-refractivity contribution in [2.75, 3.05) is 18.6 Å². The van der Waals surface area contributed by atoms with Crippen molar-refractivity contribution in [2.45, 2.75) is 11.5 Å². The highest BCUT2D eigenvalue weighted by Gasteiger charge is 2.18. The number of thioether (sulfide) groups is 1. The average molecular weight is 279 g/mol. The highest BCUT2D eigenvalue weighted by Crippen LogP contribution is 2.17. The summed E-state index contributed by atoms with van der Waals surface area (Å²) in [5.41, 5.74) is 0.183. The summed E-state index contributed by atoms with van der Waals surface area (Å²) in [6, 6.07) is 3.29. The molecule has 0 amide bonds. The van der Waals surface area contributed by atoms with E-state index < -0.39 is 22.4 Å². The minimum Gasteiger partial charge on any atom is -0.392 e. The van der Waals surface area contributed by atoms with E-state index in [1.807, 2.05) is 6.26 Å². The van der Waals surface area contributed by atoms with Gasteiger partial charge in [-0.1, -0.05) is 6.07 Å². The number of hydrogen-bond acceptors (Lipinski definition) is 4. The monoisotopic (exact) mass is 279 g/mol. The van der Waals surface area contributed by atoms with E-state index >= 15 is 0 Å². The Bertz CT molecular complexity index is 476. The lowest BCUT2D eigenvalue weighted by Crippen LogP contribution is -2.27. The number of halogens is 1. The average Bonchev–Trinajstić information content (AvgIpc) is 2.29. The van der Waals surface area contributed by atoms with Crippen LogP contribution in [0, 0.1) is 5.82 Å². The number of benzene rings is 1. The standard InChI is InChI=1S/C10H14FNO3S2/c1-16-5-4-12-17(14,15)10-6-9(11)3-2-8(10)7-13/h2-3,6,12-13H,4-5,7H2,1H3. The molecule has 7 heteroatoms. The molecule has 0 saturated carbocycles. The van der Waals surface area contributed by atoms with Crippen LogP contribution >= 0.6 is 11.8 Å². The number of hydrogen-bond donors (Lipinski definition) is 2. The second kappa shape index (κ2) is 6.34. The molecule has 0 spiro atoms. The highest BCUT2D eigenvalue weighted by molar-refractivity contribution is 7.98. The SMILES string of the molecule is CSCCNS(=O)(=O)c1cc(F)ccc1CO. The van der Waals surface area contributed by atoms with Crippen molar-refractivity contribution in [3.8, 4) is 0 Å². The fraction of sp³-hybridized carbons (Fsp3) is 0.400. The summed E-state index contributed by atoms with van der Waals surface area (Å²) in [5.74, 6) is -0.0179. The van der Waals surface area contributed by atoms with Gasteiger partial charge in [0.2, 0.25) is 10.0 Å². The predicted octanol–water partition coefficient (Wildman–Crippen LogP) is 0.959. The van der Waals surface area contributed by atoms with Gasteiger partial charge in [-0.2, -0.15) is 11.8 Å². The van der Waals surface area contributed by atoms with Crippen molar-refractivity contribution in [2.24, 2.45) is 0 Å². The molecule has 4 nitrogen and oxygen atoms in total. The van der Waals surface area contributed by atoms with Crippen LogP contribution in [0.3, 0.4) is 0 Å². The largest absolute Gasteiger partial charge is 0.392 e. The summed E-state index contributed by atoms with van der Waals surface area (Å²) < 4.78 is 39.1. The van der Waals surface area contributed by atoms with Gasteiger partial charge in [-0.05, 0) is 24.0 Å². The third kappa shape index (κ3) is 3.95. The Labute approximate surface area is 104 Å². The molecule has 2 N–H and O–H groups in total. The second-order valence-electron chi connectivity index (χ2n) is 3.30. The molecule has 0 atom stereocenters. The van der Waals surface area contributed by atoms with E-state index in [9.17, 15) is 12.8 Å². The van der Waals surface area contributed by atoms with Crippen LogP contribution in [-0.2, 0) is 16.6 Å². The molecule has 1 aromatic carbocycles. The van der Waals surface area contributed by atoms with Gasteiger partial charge in [0.25, 0.3) is 0 Å². The fourth-order valence-corrected chi connectivity index (χ4v) is 2.97. The Morgan fingerprint density at radius 3 is 2.76 bits per heavy atom. The first-order valence-corrected chi connectivity index (χ1v) is 7.77. The maximum atomic E-state index is 13.0. The van der Waals surface area contributed by atoms with Gasteiger partial charge in [0.1, 0.15) is 5.82 Å². The molecule has 0 aromatic heterocycles. The van der Waals surface area contributed by atoms with Crippen LogP contribution < -0.4 is 4.72 Å². The summed E-state index contributed by atoms with van der Waals surface area (Å²) in [4.78, 5) is -0.207. The van der Waals surface area contributed by atoms with Crippen LogP contribution in [0.15, 0.2) is 23.1 Å². The molecule has 0 fully saturated rings. The van der Waals surface area contributed by atoms with E-state index in [-0.39, 0.29) is 17.0 Å². The van der Waals surface area contributed by atoms with Crippen LogP contribution in [0.4, 0.5) is 4.39 Å². The minimum absolute atomic E-state index is 0.183.